The van der Waals surface area contributed by atoms with Gasteiger partial charge < -0.3 is 38.6 Å². The number of hydrogen-bond donors (Lipinski definition) is 2. The smallest absolute Gasteiger partial charge is 0.338 e. The second kappa shape index (κ2) is 16.9. The van der Waals surface area contributed by atoms with Gasteiger partial charge in [0.05, 0.1) is 50.0 Å². The minimum atomic E-state index is -2.48. The Morgan fingerprint density at radius 2 is 1.23 bits per heavy atom. The van der Waals surface area contributed by atoms with Crippen LogP contribution in [0.2, 0.25) is 0 Å². The molecule has 2 saturated heterocycles. The summed E-state index contributed by atoms with van der Waals surface area (Å²) in [6, 6.07) is 16.4. The van der Waals surface area contributed by atoms with E-state index in [-0.39, 0.29) is 45.4 Å². The molecule has 6 heterocycles. The van der Waals surface area contributed by atoms with E-state index in [1.807, 2.05) is 0 Å². The molecule has 2 aromatic heterocycles. The first-order chi connectivity index (χ1) is 28.7. The van der Waals surface area contributed by atoms with E-state index < -0.39 is 72.5 Å². The Morgan fingerprint density at radius 3 is 1.70 bits per heavy atom. The van der Waals surface area contributed by atoms with Crippen molar-refractivity contribution in [2.24, 2.45) is 9.98 Å². The standard InChI is InChI=1S/C28H24FNO7S.C14H16FNO5S/c1-27(29)23(36-26(33)18-11-7-4-8-12-18)21(15-35-25(32)17-9-5-3-6-10-17)37-28(27,34-2)24-22-19(16-38-24)20(31)13-14-30-22;1-13(15)11(19)9(5-17)21-14(13,20-2)12-10-7(6-22-12)8(18)3-4-16-10/h3-12,14,16,21,23H,13,15H2,1-2H3;4,6,9,11,17,19H,3,5H2,1-2H3/t21-,23-,27-,28+;9-,11-,13-,14+/m11/s1. The SMILES string of the molecule is CO[C@@]1(c2scc3c2N=CCC3=O)O[C@H](CO)[C@@H](O)[C@@]1(C)F.CO[C@@]1(c2scc3c2N=CCC3=O)O[C@H](COC(=O)c2ccccc2)[C@@H](OC(=O)c2ccccc2)[C@@]1(C)F. The molecule has 0 amide bonds. The van der Waals surface area contributed by atoms with E-state index in [2.05, 4.69) is 9.98 Å². The van der Waals surface area contributed by atoms with Gasteiger partial charge in [0.25, 0.3) is 0 Å². The van der Waals surface area contributed by atoms with Gasteiger partial charge in [-0.1, -0.05) is 36.4 Å². The van der Waals surface area contributed by atoms with Gasteiger partial charge in [-0.15, -0.1) is 22.7 Å². The largest absolute Gasteiger partial charge is 0.459 e. The molecule has 14 nitrogen and oxygen atoms in total. The fourth-order valence-electron chi connectivity index (χ4n) is 7.60. The number of hydrogen-bond acceptors (Lipinski definition) is 16. The van der Waals surface area contributed by atoms with Crippen molar-refractivity contribution in [1.82, 2.24) is 0 Å². The van der Waals surface area contributed by atoms with Gasteiger partial charge in [-0.05, 0) is 38.1 Å². The van der Waals surface area contributed by atoms with E-state index in [1.165, 1.54) is 45.7 Å². The zero-order chi connectivity index (χ0) is 43.0. The number of carbonyl (C=O) groups is 4. The van der Waals surface area contributed by atoms with Crippen molar-refractivity contribution < 1.29 is 66.6 Å². The summed E-state index contributed by atoms with van der Waals surface area (Å²) in [5.74, 6) is -5.74. The van der Waals surface area contributed by atoms with Crippen LogP contribution in [0.4, 0.5) is 20.2 Å². The van der Waals surface area contributed by atoms with E-state index in [0.29, 0.717) is 22.4 Å². The molecule has 4 aliphatic rings. The average molecular weight is 867 g/mol. The first-order valence-corrected chi connectivity index (χ1v) is 20.4. The lowest BCUT2D eigenvalue weighted by Crippen LogP contribution is -2.51. The van der Waals surface area contributed by atoms with Crippen LogP contribution in [0.1, 0.15) is 77.9 Å². The fourth-order valence-corrected chi connectivity index (χ4v) is 10.1. The number of thiophene rings is 2. The Labute approximate surface area is 350 Å². The van der Waals surface area contributed by atoms with Crippen LogP contribution in [-0.4, -0.2) is 109 Å². The van der Waals surface area contributed by atoms with Crippen molar-refractivity contribution in [3.63, 3.8) is 0 Å². The van der Waals surface area contributed by atoms with Crippen LogP contribution in [0.3, 0.4) is 0 Å². The molecule has 2 N–H and O–H groups in total. The maximum Gasteiger partial charge on any atom is 0.338 e. The monoisotopic (exact) mass is 866 g/mol. The molecule has 18 heteroatoms. The summed E-state index contributed by atoms with van der Waals surface area (Å²) in [4.78, 5) is 58.9. The number of carbonyl (C=O) groups excluding carboxylic acids is 4. The van der Waals surface area contributed by atoms with Gasteiger partial charge in [0, 0.05) is 50.3 Å². The quantitative estimate of drug-likeness (QED) is 0.168. The van der Waals surface area contributed by atoms with Crippen LogP contribution in [0.5, 0.6) is 0 Å². The third-order valence-electron chi connectivity index (χ3n) is 10.8. The maximum absolute atomic E-state index is 17.0. The predicted molar refractivity (Wildman–Crippen MR) is 214 cm³/mol. The van der Waals surface area contributed by atoms with Crippen LogP contribution in [0.15, 0.2) is 81.4 Å². The number of Topliss-reactive ketones (excluding diaryl/α,β-unsaturated/α-hetero) is 2. The van der Waals surface area contributed by atoms with Crippen molar-refractivity contribution >= 4 is 70.0 Å². The normalized spacial score (nSPS) is 30.3. The van der Waals surface area contributed by atoms with E-state index in [0.717, 1.165) is 29.6 Å². The zero-order valence-corrected chi connectivity index (χ0v) is 34.3. The van der Waals surface area contributed by atoms with Crippen molar-refractivity contribution in [3.8, 4) is 0 Å². The average Bonchev–Trinajstić information content (AvgIpc) is 3.99. The topological polar surface area (TPSA) is 189 Å². The van der Waals surface area contributed by atoms with E-state index in [4.69, 9.17) is 28.4 Å². The fraction of sp³-hybridized carbons (Fsp3) is 0.381. The minimum Gasteiger partial charge on any atom is -0.459 e. The second-order valence-corrected chi connectivity index (χ2v) is 16.2. The molecular weight excluding hydrogens is 827 g/mol. The molecule has 60 heavy (non-hydrogen) atoms. The molecule has 0 radical (unpaired) electrons. The highest BCUT2D eigenvalue weighted by molar-refractivity contribution is 7.11. The summed E-state index contributed by atoms with van der Waals surface area (Å²) in [5, 5.41) is 22.6. The highest BCUT2D eigenvalue weighted by Crippen LogP contribution is 2.57. The van der Waals surface area contributed by atoms with E-state index in [1.54, 1.807) is 59.3 Å². The predicted octanol–water partition coefficient (Wildman–Crippen LogP) is 6.36. The van der Waals surface area contributed by atoms with Gasteiger partial charge >= 0.3 is 11.9 Å². The lowest BCUT2D eigenvalue weighted by molar-refractivity contribution is -0.267. The Morgan fingerprint density at radius 1 is 0.767 bits per heavy atom. The number of alkyl halides is 2. The number of aliphatic hydroxyl groups excluding tert-OH is 2. The summed E-state index contributed by atoms with van der Waals surface area (Å²) in [5.41, 5.74) is -3.02. The van der Waals surface area contributed by atoms with Gasteiger partial charge in [-0.2, -0.15) is 0 Å². The molecule has 4 aliphatic heterocycles. The van der Waals surface area contributed by atoms with E-state index in [9.17, 15) is 29.4 Å². The number of aliphatic hydroxyl groups is 2. The molecule has 4 aromatic rings. The number of esters is 2. The van der Waals surface area contributed by atoms with Gasteiger partial charge in [0.1, 0.15) is 24.9 Å². The molecule has 0 saturated carbocycles. The number of nitrogens with zero attached hydrogens (tertiary/aromatic N) is 2. The molecule has 0 unspecified atom stereocenters. The highest BCUT2D eigenvalue weighted by Gasteiger charge is 2.70. The van der Waals surface area contributed by atoms with Crippen LogP contribution in [-0.2, 0) is 40.0 Å². The van der Waals surface area contributed by atoms with Gasteiger partial charge in [-0.3, -0.25) is 19.6 Å². The van der Waals surface area contributed by atoms with Gasteiger partial charge in [0.2, 0.25) is 17.2 Å². The maximum atomic E-state index is 17.0. The van der Waals surface area contributed by atoms with Crippen LogP contribution >= 0.6 is 22.7 Å². The number of benzene rings is 2. The number of methoxy groups -OCH3 is 2. The summed E-state index contributed by atoms with van der Waals surface area (Å²) >= 11 is 2.15. The van der Waals surface area contributed by atoms with Gasteiger partial charge in [-0.25, -0.2) is 18.4 Å². The van der Waals surface area contributed by atoms with Crippen molar-refractivity contribution in [2.75, 3.05) is 27.4 Å². The summed E-state index contributed by atoms with van der Waals surface area (Å²) in [6.45, 7) is 1.36. The molecule has 0 bridgehead atoms. The van der Waals surface area contributed by atoms with Crippen LogP contribution in [0, 0.1) is 0 Å². The molecule has 316 valence electrons. The second-order valence-electron chi connectivity index (χ2n) is 14.4. The van der Waals surface area contributed by atoms with Crippen LogP contribution in [0.25, 0.3) is 0 Å². The third-order valence-corrected chi connectivity index (χ3v) is 12.9. The molecule has 8 rings (SSSR count). The molecule has 2 aromatic carbocycles. The van der Waals surface area contributed by atoms with Crippen molar-refractivity contribution in [1.29, 1.82) is 0 Å². The van der Waals surface area contributed by atoms with Crippen molar-refractivity contribution in [2.45, 2.75) is 74.0 Å². The van der Waals surface area contributed by atoms with Gasteiger partial charge in [0.15, 0.2) is 23.3 Å². The minimum absolute atomic E-state index is 0.114. The Balaban J connectivity index is 0.000000210. The molecule has 8 atom stereocenters. The first-order valence-electron chi connectivity index (χ1n) is 18.6. The number of fused-ring (bicyclic) bond motifs is 2. The number of halogens is 2. The lowest BCUT2D eigenvalue weighted by atomic mass is 9.89. The molecule has 2 fully saturated rings. The summed E-state index contributed by atoms with van der Waals surface area (Å²) in [6.07, 6.45) is -2.26. The highest BCUT2D eigenvalue weighted by atomic mass is 32.1. The Bertz CT molecular complexity index is 2330. The van der Waals surface area contributed by atoms with Crippen LogP contribution < -0.4 is 0 Å². The lowest BCUT2D eigenvalue weighted by Gasteiger charge is -2.36. The third kappa shape index (κ3) is 7.13. The first kappa shape index (κ1) is 43.2. The summed E-state index contributed by atoms with van der Waals surface area (Å²) < 4.78 is 66.1. The Kier molecular flexibility index (Phi) is 12.1. The summed E-state index contributed by atoms with van der Waals surface area (Å²) in [7, 11) is 2.51. The van der Waals surface area contributed by atoms with E-state index >= 15 is 8.78 Å². The van der Waals surface area contributed by atoms with Crippen molar-refractivity contribution in [3.05, 3.63) is 103 Å². The molecule has 0 spiro atoms. The molecular formula is C42H40F2N2O12S2. The number of aliphatic imine (C=N–C) groups is 2. The zero-order valence-electron chi connectivity index (χ0n) is 32.7. The number of ether oxygens (including phenoxy) is 6. The molecule has 0 aliphatic carbocycles. The Hall–Kier alpha value is -4.92. The number of rotatable bonds is 10. The number of ketones is 2.